The molecule has 0 atom stereocenters. The number of nitrogens with one attached hydrogen (secondary N) is 1. The number of likely N-dealkylation sites (N-methyl/N-ethyl adjacent to an activating group) is 1. The monoisotopic (exact) mass is 270 g/mol. The molecular weight excluding hydrogens is 257 g/mol. The summed E-state index contributed by atoms with van der Waals surface area (Å²) in [5.74, 6) is -0.193. The first-order chi connectivity index (χ1) is 8.90. The third-order valence-electron chi connectivity index (χ3n) is 3.84. The van der Waals surface area contributed by atoms with Gasteiger partial charge in [0.25, 0.3) is 0 Å². The van der Waals surface area contributed by atoms with Crippen molar-refractivity contribution < 1.29 is 18.0 Å². The third kappa shape index (κ3) is 1.62. The van der Waals surface area contributed by atoms with Crippen LogP contribution < -0.4 is 10.2 Å². The first-order valence-electron chi connectivity index (χ1n) is 6.19. The van der Waals surface area contributed by atoms with Gasteiger partial charge in [-0.3, -0.25) is 4.79 Å². The molecule has 1 heterocycles. The van der Waals surface area contributed by atoms with E-state index in [9.17, 15) is 18.0 Å². The van der Waals surface area contributed by atoms with E-state index in [0.29, 0.717) is 19.4 Å². The maximum atomic E-state index is 13.1. The zero-order valence-corrected chi connectivity index (χ0v) is 10.3. The molecule has 1 amide bonds. The first-order valence-corrected chi connectivity index (χ1v) is 6.19. The number of carbonyl (C=O) groups is 1. The van der Waals surface area contributed by atoms with Crippen LogP contribution in [0.15, 0.2) is 18.2 Å². The van der Waals surface area contributed by atoms with E-state index in [1.54, 1.807) is 11.8 Å². The van der Waals surface area contributed by atoms with E-state index >= 15 is 0 Å². The second-order valence-electron chi connectivity index (χ2n) is 4.93. The van der Waals surface area contributed by atoms with Crippen LogP contribution in [0.25, 0.3) is 0 Å². The number of halogens is 3. The van der Waals surface area contributed by atoms with E-state index < -0.39 is 17.3 Å². The van der Waals surface area contributed by atoms with Gasteiger partial charge in [-0.2, -0.15) is 13.2 Å². The number of benzene rings is 1. The van der Waals surface area contributed by atoms with Gasteiger partial charge in [-0.25, -0.2) is 0 Å². The molecule has 102 valence electrons. The summed E-state index contributed by atoms with van der Waals surface area (Å²) >= 11 is 0. The van der Waals surface area contributed by atoms with Crippen LogP contribution >= 0.6 is 0 Å². The average molecular weight is 270 g/mol. The summed E-state index contributed by atoms with van der Waals surface area (Å²) in [4.78, 5) is 13.6. The molecule has 1 aliphatic carbocycles. The van der Waals surface area contributed by atoms with Crippen molar-refractivity contribution in [3.63, 3.8) is 0 Å². The number of nitrogens with zero attached hydrogens (tertiary/aromatic N) is 1. The molecule has 1 aromatic rings. The molecule has 0 aromatic heterocycles. The highest BCUT2D eigenvalue weighted by molar-refractivity contribution is 6.09. The van der Waals surface area contributed by atoms with Crippen molar-refractivity contribution in [1.82, 2.24) is 0 Å². The minimum atomic E-state index is -4.42. The van der Waals surface area contributed by atoms with Gasteiger partial charge in [0.1, 0.15) is 5.54 Å². The molecule has 1 aliphatic heterocycles. The molecule has 1 N–H and O–H groups in total. The normalized spacial score (nSPS) is 20.2. The molecule has 6 heteroatoms. The third-order valence-corrected chi connectivity index (χ3v) is 3.84. The highest BCUT2D eigenvalue weighted by atomic mass is 19.4. The van der Waals surface area contributed by atoms with Gasteiger partial charge in [-0.05, 0) is 31.9 Å². The second kappa shape index (κ2) is 3.65. The van der Waals surface area contributed by atoms with Crippen molar-refractivity contribution >= 4 is 17.3 Å². The summed E-state index contributed by atoms with van der Waals surface area (Å²) in [6.45, 7) is 2.16. The van der Waals surface area contributed by atoms with Crippen LogP contribution in [0.1, 0.15) is 25.3 Å². The number of anilines is 2. The lowest BCUT2D eigenvalue weighted by molar-refractivity contribution is -0.137. The molecular formula is C13H13F3N2O. The fraction of sp³-hybridized carbons (Fsp3) is 0.462. The van der Waals surface area contributed by atoms with Gasteiger partial charge in [0.2, 0.25) is 5.91 Å². The van der Waals surface area contributed by atoms with Crippen LogP contribution in [0.5, 0.6) is 0 Å². The molecule has 2 aliphatic rings. The quantitative estimate of drug-likeness (QED) is 0.850. The molecule has 0 bridgehead atoms. The lowest BCUT2D eigenvalue weighted by atomic mass is 10.0. The van der Waals surface area contributed by atoms with E-state index in [1.165, 1.54) is 12.1 Å². The number of amides is 1. The van der Waals surface area contributed by atoms with Crippen LogP contribution in [-0.4, -0.2) is 18.0 Å². The minimum absolute atomic E-state index is 0.106. The van der Waals surface area contributed by atoms with Gasteiger partial charge < -0.3 is 10.2 Å². The predicted octanol–water partition coefficient (Wildman–Crippen LogP) is 3.02. The summed E-state index contributed by atoms with van der Waals surface area (Å²) in [7, 11) is 0. The zero-order valence-electron chi connectivity index (χ0n) is 10.3. The molecule has 1 spiro atoms. The van der Waals surface area contributed by atoms with Crippen molar-refractivity contribution in [1.29, 1.82) is 0 Å². The Hall–Kier alpha value is -1.72. The summed E-state index contributed by atoms with van der Waals surface area (Å²) < 4.78 is 39.3. The van der Waals surface area contributed by atoms with Crippen LogP contribution in [-0.2, 0) is 11.0 Å². The van der Waals surface area contributed by atoms with E-state index in [4.69, 9.17) is 0 Å². The smallest absolute Gasteiger partial charge is 0.355 e. The molecule has 19 heavy (non-hydrogen) atoms. The van der Waals surface area contributed by atoms with Gasteiger partial charge >= 0.3 is 6.18 Å². The summed E-state index contributed by atoms with van der Waals surface area (Å²) in [6, 6.07) is 3.90. The molecule has 0 saturated heterocycles. The Morgan fingerprint density at radius 1 is 1.37 bits per heavy atom. The molecule has 3 rings (SSSR count). The average Bonchev–Trinajstić information content (AvgIpc) is 3.11. The lowest BCUT2D eigenvalue weighted by Crippen LogP contribution is -2.51. The Bertz CT molecular complexity index is 549. The number of rotatable bonds is 1. The number of hydrogen-bond donors (Lipinski definition) is 1. The lowest BCUT2D eigenvalue weighted by Gasteiger charge is -2.39. The number of alkyl halides is 3. The second-order valence-corrected chi connectivity index (χ2v) is 4.93. The van der Waals surface area contributed by atoms with Gasteiger partial charge in [0.05, 0.1) is 16.9 Å². The molecule has 0 unspecified atom stereocenters. The van der Waals surface area contributed by atoms with Crippen molar-refractivity contribution in [2.24, 2.45) is 0 Å². The largest absolute Gasteiger partial charge is 0.418 e. The van der Waals surface area contributed by atoms with E-state index in [0.717, 1.165) is 6.07 Å². The van der Waals surface area contributed by atoms with Crippen molar-refractivity contribution in [3.05, 3.63) is 23.8 Å². The minimum Gasteiger partial charge on any atom is -0.355 e. The number of carbonyl (C=O) groups excluding carboxylic acids is 1. The SMILES string of the molecule is CCN1c2c(cccc2C(F)(F)F)NC(=O)C12CC2. The Balaban J connectivity index is 2.21. The van der Waals surface area contributed by atoms with Crippen molar-refractivity contribution in [3.8, 4) is 0 Å². The topological polar surface area (TPSA) is 32.3 Å². The predicted molar refractivity (Wildman–Crippen MR) is 65.1 cm³/mol. The molecule has 1 fully saturated rings. The molecule has 0 radical (unpaired) electrons. The van der Waals surface area contributed by atoms with Gasteiger partial charge in [-0.15, -0.1) is 0 Å². The fourth-order valence-corrected chi connectivity index (χ4v) is 2.82. The highest BCUT2D eigenvalue weighted by Crippen LogP contribution is 2.53. The van der Waals surface area contributed by atoms with E-state index in [2.05, 4.69) is 5.32 Å². The zero-order chi connectivity index (χ0) is 13.8. The van der Waals surface area contributed by atoms with Crippen molar-refractivity contribution in [2.75, 3.05) is 16.8 Å². The van der Waals surface area contributed by atoms with E-state index in [1.807, 2.05) is 0 Å². The van der Waals surface area contributed by atoms with Gasteiger partial charge in [-0.1, -0.05) is 6.07 Å². The van der Waals surface area contributed by atoms with Crippen LogP contribution in [0.4, 0.5) is 24.5 Å². The standard InChI is InChI=1S/C13H13F3N2O/c1-2-18-10-8(13(14,15)16)4-3-5-9(10)17-11(19)12(18)6-7-12/h3-5H,2,6-7H2,1H3,(H,17,19). The number of fused-ring (bicyclic) bond motifs is 1. The van der Waals surface area contributed by atoms with E-state index in [-0.39, 0.29) is 17.3 Å². The summed E-state index contributed by atoms with van der Waals surface area (Å²) in [6.07, 6.45) is -3.20. The number of hydrogen-bond acceptors (Lipinski definition) is 2. The van der Waals surface area contributed by atoms with Crippen molar-refractivity contribution in [2.45, 2.75) is 31.5 Å². The Morgan fingerprint density at radius 3 is 2.58 bits per heavy atom. The molecule has 3 nitrogen and oxygen atoms in total. The van der Waals surface area contributed by atoms with Crippen LogP contribution in [0.2, 0.25) is 0 Å². The van der Waals surface area contributed by atoms with Gasteiger partial charge in [0, 0.05) is 6.54 Å². The van der Waals surface area contributed by atoms with Crippen LogP contribution in [0.3, 0.4) is 0 Å². The summed E-state index contributed by atoms with van der Waals surface area (Å²) in [5, 5.41) is 2.61. The Morgan fingerprint density at radius 2 is 2.05 bits per heavy atom. The number of para-hydroxylation sites is 1. The maximum Gasteiger partial charge on any atom is 0.418 e. The van der Waals surface area contributed by atoms with Crippen LogP contribution in [0, 0.1) is 0 Å². The summed E-state index contributed by atoms with van der Waals surface area (Å²) in [5.41, 5.74) is -1.09. The molecule has 1 aromatic carbocycles. The maximum absolute atomic E-state index is 13.1. The first kappa shape index (κ1) is 12.3. The Kier molecular flexibility index (Phi) is 2.37. The highest BCUT2D eigenvalue weighted by Gasteiger charge is 2.58. The Labute approximate surface area is 108 Å². The van der Waals surface area contributed by atoms with Gasteiger partial charge in [0.15, 0.2) is 0 Å². The fourth-order valence-electron chi connectivity index (χ4n) is 2.82. The molecule has 1 saturated carbocycles.